The third-order valence-electron chi connectivity index (χ3n) is 2.96. The highest BCUT2D eigenvalue weighted by molar-refractivity contribution is 5.76. The smallest absolute Gasteiger partial charge is 0.148 e. The maximum atomic E-state index is 5.67. The van der Waals surface area contributed by atoms with E-state index in [1.54, 1.807) is 0 Å². The molecule has 102 valence electrons. The molecular formula is C15H21N3O. The van der Waals surface area contributed by atoms with Crippen LogP contribution in [0.2, 0.25) is 0 Å². The molecule has 0 radical (unpaired) electrons. The average Bonchev–Trinajstić information content (AvgIpc) is 2.36. The van der Waals surface area contributed by atoms with Crippen molar-refractivity contribution in [2.45, 2.75) is 33.3 Å². The number of aryl methyl sites for hydroxylation is 1. The lowest BCUT2D eigenvalue weighted by atomic mass is 10.1. The van der Waals surface area contributed by atoms with Crippen LogP contribution in [0.15, 0.2) is 24.3 Å². The Balaban J connectivity index is 2.18. The summed E-state index contributed by atoms with van der Waals surface area (Å²) in [6, 6.07) is 7.89. The number of rotatable bonds is 5. The molecule has 0 saturated heterocycles. The molecule has 0 fully saturated rings. The van der Waals surface area contributed by atoms with Crippen molar-refractivity contribution < 1.29 is 4.74 Å². The second kappa shape index (κ2) is 5.53. The van der Waals surface area contributed by atoms with Crippen molar-refractivity contribution in [2.75, 3.05) is 18.5 Å². The Labute approximate surface area is 114 Å². The van der Waals surface area contributed by atoms with Crippen molar-refractivity contribution in [1.29, 1.82) is 0 Å². The van der Waals surface area contributed by atoms with Gasteiger partial charge in [0.15, 0.2) is 0 Å². The van der Waals surface area contributed by atoms with Crippen molar-refractivity contribution in [1.82, 2.24) is 9.97 Å². The van der Waals surface area contributed by atoms with Crippen LogP contribution < -0.4 is 5.32 Å². The van der Waals surface area contributed by atoms with Gasteiger partial charge in [0, 0.05) is 13.2 Å². The first-order chi connectivity index (χ1) is 9.02. The standard InChI is InChI=1S/C15H21N3O/c1-5-19-15(3,4)10-16-14-11(2)17-12-8-6-7-9-13(12)18-14/h6-9H,5,10H2,1-4H3,(H,16,18). The Morgan fingerprint density at radius 3 is 2.42 bits per heavy atom. The summed E-state index contributed by atoms with van der Waals surface area (Å²) in [7, 11) is 0. The largest absolute Gasteiger partial charge is 0.374 e. The predicted octanol–water partition coefficient (Wildman–Crippen LogP) is 3.17. The molecule has 4 nitrogen and oxygen atoms in total. The number of anilines is 1. The Kier molecular flexibility index (Phi) is 4.00. The fraction of sp³-hybridized carbons (Fsp3) is 0.467. The topological polar surface area (TPSA) is 47.0 Å². The minimum absolute atomic E-state index is 0.214. The molecule has 0 saturated carbocycles. The van der Waals surface area contributed by atoms with Gasteiger partial charge in [-0.2, -0.15) is 0 Å². The van der Waals surface area contributed by atoms with Gasteiger partial charge in [0.25, 0.3) is 0 Å². The minimum Gasteiger partial charge on any atom is -0.374 e. The van der Waals surface area contributed by atoms with Gasteiger partial charge in [0.1, 0.15) is 5.82 Å². The number of fused-ring (bicyclic) bond motifs is 1. The van der Waals surface area contributed by atoms with Crippen LogP contribution >= 0.6 is 0 Å². The van der Waals surface area contributed by atoms with Crippen LogP contribution in [0.1, 0.15) is 26.5 Å². The first-order valence-electron chi connectivity index (χ1n) is 6.63. The molecule has 0 atom stereocenters. The molecule has 0 aliphatic rings. The van der Waals surface area contributed by atoms with E-state index >= 15 is 0 Å². The maximum absolute atomic E-state index is 5.67. The zero-order valence-electron chi connectivity index (χ0n) is 12.0. The van der Waals surface area contributed by atoms with E-state index in [9.17, 15) is 0 Å². The number of hydrogen-bond donors (Lipinski definition) is 1. The second-order valence-corrected chi connectivity index (χ2v) is 5.19. The Bertz CT molecular complexity index is 566. The number of nitrogens with one attached hydrogen (secondary N) is 1. The molecule has 0 unspecified atom stereocenters. The van der Waals surface area contributed by atoms with Gasteiger partial charge in [0.05, 0.1) is 22.3 Å². The molecule has 0 aliphatic heterocycles. The average molecular weight is 259 g/mol. The first kappa shape index (κ1) is 13.7. The summed E-state index contributed by atoms with van der Waals surface area (Å²) >= 11 is 0. The lowest BCUT2D eigenvalue weighted by Gasteiger charge is -2.25. The lowest BCUT2D eigenvalue weighted by molar-refractivity contribution is 0.000636. The summed E-state index contributed by atoms with van der Waals surface area (Å²) in [5.41, 5.74) is 2.53. The molecule has 1 heterocycles. The summed E-state index contributed by atoms with van der Waals surface area (Å²) in [5, 5.41) is 3.33. The highest BCUT2D eigenvalue weighted by atomic mass is 16.5. The maximum Gasteiger partial charge on any atom is 0.148 e. The first-order valence-corrected chi connectivity index (χ1v) is 6.63. The van der Waals surface area contributed by atoms with E-state index in [1.807, 2.05) is 38.1 Å². The van der Waals surface area contributed by atoms with E-state index in [1.165, 1.54) is 0 Å². The molecule has 0 aliphatic carbocycles. The summed E-state index contributed by atoms with van der Waals surface area (Å²) in [6.07, 6.45) is 0. The van der Waals surface area contributed by atoms with Crippen LogP contribution in [0.3, 0.4) is 0 Å². The van der Waals surface area contributed by atoms with E-state index in [-0.39, 0.29) is 5.60 Å². The molecule has 1 aromatic heterocycles. The lowest BCUT2D eigenvalue weighted by Crippen LogP contribution is -2.33. The van der Waals surface area contributed by atoms with Gasteiger partial charge in [0.2, 0.25) is 0 Å². The van der Waals surface area contributed by atoms with Crippen LogP contribution in [0, 0.1) is 6.92 Å². The number of nitrogens with zero attached hydrogens (tertiary/aromatic N) is 2. The van der Waals surface area contributed by atoms with Gasteiger partial charge in [-0.25, -0.2) is 9.97 Å². The van der Waals surface area contributed by atoms with Gasteiger partial charge in [-0.3, -0.25) is 0 Å². The van der Waals surface area contributed by atoms with Crippen molar-refractivity contribution in [3.05, 3.63) is 30.0 Å². The zero-order valence-corrected chi connectivity index (χ0v) is 12.0. The molecule has 4 heteroatoms. The van der Waals surface area contributed by atoms with Crippen LogP contribution in [0.25, 0.3) is 11.0 Å². The predicted molar refractivity (Wildman–Crippen MR) is 78.5 cm³/mol. The number of ether oxygens (including phenoxy) is 1. The third-order valence-corrected chi connectivity index (χ3v) is 2.96. The molecule has 19 heavy (non-hydrogen) atoms. The van der Waals surface area contributed by atoms with E-state index < -0.39 is 0 Å². The number of para-hydroxylation sites is 2. The minimum atomic E-state index is -0.214. The molecule has 0 spiro atoms. The summed E-state index contributed by atoms with van der Waals surface area (Å²) < 4.78 is 5.67. The summed E-state index contributed by atoms with van der Waals surface area (Å²) in [6.45, 7) is 9.50. The second-order valence-electron chi connectivity index (χ2n) is 5.19. The van der Waals surface area contributed by atoms with E-state index in [2.05, 4.69) is 29.1 Å². The van der Waals surface area contributed by atoms with E-state index in [0.29, 0.717) is 13.2 Å². The SMILES string of the molecule is CCOC(C)(C)CNc1nc2ccccc2nc1C. The fourth-order valence-electron chi connectivity index (χ4n) is 1.99. The van der Waals surface area contributed by atoms with Crippen molar-refractivity contribution in [3.8, 4) is 0 Å². The molecule has 0 bridgehead atoms. The highest BCUT2D eigenvalue weighted by Gasteiger charge is 2.18. The van der Waals surface area contributed by atoms with Crippen LogP contribution in [-0.4, -0.2) is 28.7 Å². The molecule has 2 aromatic rings. The zero-order chi connectivity index (χ0) is 13.9. The van der Waals surface area contributed by atoms with Crippen LogP contribution in [-0.2, 0) is 4.74 Å². The van der Waals surface area contributed by atoms with Crippen molar-refractivity contribution in [2.24, 2.45) is 0 Å². The van der Waals surface area contributed by atoms with E-state index in [0.717, 1.165) is 22.5 Å². The Morgan fingerprint density at radius 2 is 1.79 bits per heavy atom. The quantitative estimate of drug-likeness (QED) is 0.896. The highest BCUT2D eigenvalue weighted by Crippen LogP contribution is 2.17. The van der Waals surface area contributed by atoms with Gasteiger partial charge in [-0.15, -0.1) is 0 Å². The van der Waals surface area contributed by atoms with E-state index in [4.69, 9.17) is 4.74 Å². The number of aromatic nitrogens is 2. The van der Waals surface area contributed by atoms with Gasteiger partial charge in [-0.1, -0.05) is 12.1 Å². The third kappa shape index (κ3) is 3.41. The Hall–Kier alpha value is -1.68. The molecule has 0 amide bonds. The fourth-order valence-corrected chi connectivity index (χ4v) is 1.99. The van der Waals surface area contributed by atoms with Crippen LogP contribution in [0.5, 0.6) is 0 Å². The van der Waals surface area contributed by atoms with Gasteiger partial charge < -0.3 is 10.1 Å². The van der Waals surface area contributed by atoms with Crippen molar-refractivity contribution in [3.63, 3.8) is 0 Å². The van der Waals surface area contributed by atoms with Gasteiger partial charge >= 0.3 is 0 Å². The summed E-state index contributed by atoms with van der Waals surface area (Å²) in [4.78, 5) is 9.17. The monoisotopic (exact) mass is 259 g/mol. The van der Waals surface area contributed by atoms with Gasteiger partial charge in [-0.05, 0) is 39.8 Å². The summed E-state index contributed by atoms with van der Waals surface area (Å²) in [5.74, 6) is 0.825. The number of hydrogen-bond acceptors (Lipinski definition) is 4. The van der Waals surface area contributed by atoms with Crippen molar-refractivity contribution >= 4 is 16.9 Å². The molecule has 1 aromatic carbocycles. The molecule has 1 N–H and O–H groups in total. The molecular weight excluding hydrogens is 238 g/mol. The Morgan fingerprint density at radius 1 is 1.16 bits per heavy atom. The van der Waals surface area contributed by atoms with Crippen LogP contribution in [0.4, 0.5) is 5.82 Å². The normalized spacial score (nSPS) is 11.8. The molecule has 2 rings (SSSR count). The number of benzene rings is 1.